The predicted molar refractivity (Wildman–Crippen MR) is 298 cm³/mol. The van der Waals surface area contributed by atoms with Gasteiger partial charge in [0.1, 0.15) is 35.7 Å². The van der Waals surface area contributed by atoms with E-state index in [-0.39, 0.29) is 57.0 Å². The molecule has 0 radical (unpaired) electrons. The van der Waals surface area contributed by atoms with E-state index >= 15 is 4.79 Å². The fourth-order valence-corrected chi connectivity index (χ4v) is 15.8. The highest BCUT2D eigenvalue weighted by Crippen LogP contribution is 2.61. The molecule has 6 fully saturated rings. The van der Waals surface area contributed by atoms with Crippen molar-refractivity contribution in [2.45, 2.75) is 237 Å². The lowest BCUT2D eigenvalue weighted by molar-refractivity contribution is -0.584. The summed E-state index contributed by atoms with van der Waals surface area (Å²) in [6.45, 7) is 19.6. The molecule has 0 aromatic rings. The molecule has 27 atom stereocenters. The molecular formula is C61H90N2O21. The molecule has 84 heavy (non-hydrogen) atoms. The van der Waals surface area contributed by atoms with E-state index in [1.807, 2.05) is 32.9 Å². The Labute approximate surface area is 491 Å². The molecule has 4 aliphatic carbocycles. The first kappa shape index (κ1) is 64.3. The number of nitrogens with zero attached hydrogens (tertiary/aromatic N) is 1. The van der Waals surface area contributed by atoms with Crippen LogP contribution in [0.5, 0.6) is 0 Å². The molecule has 5 unspecified atom stereocenters. The highest BCUT2D eigenvalue weighted by atomic mass is 16.7. The lowest BCUT2D eigenvalue weighted by atomic mass is 9.49. The van der Waals surface area contributed by atoms with E-state index in [9.17, 15) is 45.2 Å². The van der Waals surface area contributed by atoms with Crippen molar-refractivity contribution in [1.82, 2.24) is 5.32 Å². The highest BCUT2D eigenvalue weighted by molar-refractivity contribution is 6.26. The third-order valence-corrected chi connectivity index (χ3v) is 20.3. The van der Waals surface area contributed by atoms with Crippen LogP contribution >= 0.6 is 0 Å². The van der Waals surface area contributed by atoms with Crippen LogP contribution in [0.15, 0.2) is 58.4 Å². The molecule has 0 aromatic heterocycles. The van der Waals surface area contributed by atoms with Gasteiger partial charge in [0.25, 0.3) is 0 Å². The molecule has 2 bridgehead atoms. The average molecular weight is 1190 g/mol. The Hall–Kier alpha value is -4.21. The Morgan fingerprint density at radius 1 is 0.762 bits per heavy atom. The fraction of sp³-hybridized carbons (Fsp3) is 0.787. The van der Waals surface area contributed by atoms with Crippen molar-refractivity contribution in [3.63, 3.8) is 0 Å². The number of ether oxygens (including phenoxy) is 11. The van der Waals surface area contributed by atoms with Crippen molar-refractivity contribution < 1.29 is 96.9 Å². The summed E-state index contributed by atoms with van der Waals surface area (Å²) in [5.74, 6) is -5.10. The van der Waals surface area contributed by atoms with Gasteiger partial charge in [-0.3, -0.25) is 14.9 Å². The fourth-order valence-electron chi connectivity index (χ4n) is 15.8. The number of esters is 1. The minimum atomic E-state index is -1.82. The van der Waals surface area contributed by atoms with Crippen molar-refractivity contribution in [1.29, 1.82) is 0 Å². The van der Waals surface area contributed by atoms with Gasteiger partial charge in [0.15, 0.2) is 30.8 Å². The van der Waals surface area contributed by atoms with Crippen LogP contribution in [0.1, 0.15) is 121 Å². The van der Waals surface area contributed by atoms with Crippen molar-refractivity contribution >= 4 is 17.8 Å². The first-order valence-electron chi connectivity index (χ1n) is 30.0. The number of hydrogen-bond donors (Lipinski definition) is 6. The molecule has 5 saturated heterocycles. The van der Waals surface area contributed by atoms with E-state index in [4.69, 9.17) is 52.1 Å². The minimum absolute atomic E-state index is 0.00457. The number of carbonyl (C=O) groups excluding carboxylic acids is 3. The van der Waals surface area contributed by atoms with E-state index in [0.717, 1.165) is 5.57 Å². The van der Waals surface area contributed by atoms with Crippen LogP contribution in [0.3, 0.4) is 0 Å². The molecule has 1 saturated carbocycles. The van der Waals surface area contributed by atoms with Gasteiger partial charge in [0.2, 0.25) is 11.3 Å². The second-order valence-electron chi connectivity index (χ2n) is 25.9. The Bertz CT molecular complexity index is 2600. The van der Waals surface area contributed by atoms with Crippen molar-refractivity contribution in [2.24, 2.45) is 46.8 Å². The van der Waals surface area contributed by atoms with Gasteiger partial charge in [0, 0.05) is 67.8 Å². The van der Waals surface area contributed by atoms with E-state index < -0.39 is 185 Å². The number of alkyl carbamates (subject to hydrolysis) is 1. The van der Waals surface area contributed by atoms with Crippen LogP contribution in [0, 0.1) is 57.0 Å². The number of rotatable bonds is 12. The normalized spacial score (nSPS) is 49.3. The molecule has 5 heterocycles. The highest BCUT2D eigenvalue weighted by Gasteiger charge is 2.64. The number of nitrogens with one attached hydrogen (secondary N) is 1. The monoisotopic (exact) mass is 1190 g/mol. The van der Waals surface area contributed by atoms with Crippen LogP contribution in [-0.2, 0) is 61.7 Å². The number of allylic oxidation sites excluding steroid dienone is 3. The van der Waals surface area contributed by atoms with Crippen molar-refractivity contribution in [3.05, 3.63) is 68.5 Å². The molecule has 9 aliphatic rings. The Morgan fingerprint density at radius 2 is 1.38 bits per heavy atom. The van der Waals surface area contributed by atoms with Gasteiger partial charge < -0.3 is 83.0 Å². The number of hydrogen-bond acceptors (Lipinski definition) is 21. The second kappa shape index (κ2) is 25.1. The van der Waals surface area contributed by atoms with E-state index in [2.05, 4.69) is 25.2 Å². The molecular weight excluding hydrogens is 1100 g/mol. The van der Waals surface area contributed by atoms with E-state index in [0.29, 0.717) is 17.6 Å². The van der Waals surface area contributed by atoms with Gasteiger partial charge in [0.05, 0.1) is 75.1 Å². The van der Waals surface area contributed by atoms with Gasteiger partial charge in [-0.2, -0.15) is 0 Å². The Kier molecular flexibility index (Phi) is 19.2. The summed E-state index contributed by atoms with van der Waals surface area (Å²) in [6, 6.07) is -1.08. The molecule has 0 aromatic carbocycles. The standard InChI is InChI=1S/C61H90N2O21/c1-27-14-17-42(80-47-25-59(10,63(72)73)54(35(9)79-47)62-58(71)75-13)28(2)19-37-20-36(26-64)31(5)24-61(37)56(69)48(57(70)84-61)55(68)60(11)39(27)16-15-38-49(60)29(3)18-30(4)51(38)82-46-23-43(50(67)32(6)76-46)81-44-22-41(66)53(34(8)78-44)83-45-21-40(65)52(74-12)33(7)77-45/h14-16,19-20,29-35,37-47,49-54,64-68H,17-18,21-26H2,1-13H3,(H,62,71)/b27-14+,28-19-,55-48-/t29-,30-,31+,32+,33+,34+,35+,37-,38-,39-,40-,41-,42?,43-,44?,45?,46?,47+,49+,50+,51-,52+,53+,54-,59-,60+,61?/m1/s1. The van der Waals surface area contributed by atoms with Crippen molar-refractivity contribution in [2.75, 3.05) is 20.8 Å². The number of fused-ring (bicyclic) bond motifs is 4. The van der Waals surface area contributed by atoms with Crippen LogP contribution in [0.25, 0.3) is 0 Å². The number of methoxy groups -OCH3 is 2. The molecule has 9 rings (SSSR count). The van der Waals surface area contributed by atoms with Crippen LogP contribution < -0.4 is 5.32 Å². The lowest BCUT2D eigenvalue weighted by Gasteiger charge is -2.56. The largest absolute Gasteiger partial charge is 0.511 e. The summed E-state index contributed by atoms with van der Waals surface area (Å²) in [7, 11) is 2.67. The maximum atomic E-state index is 15.6. The SMILES string of the molecule is COC(=O)N[C@@H]1[C@H](C)O[C@@H](OC2C/C=C(\C)[C@H]3C=C[C@H]4[C@H](OC5C[C@@H](OC6C[C@@H](O)[C@@H](OC7C[C@@H](O)[C@@H](OC)[C@H](C)O7)[C@H](C)O6)[C@@H](O)[C@H](C)O5)[C@H](C)C[C@@H](C)[C@@H]4[C@@]3(C)/C(O)=C3/C(=O)OC4(C[C@H](C)C(CO)=C[C@H]4/C=C\2C)C3=O)C[C@@]1(C)[N+](=O)[O-]. The van der Waals surface area contributed by atoms with Crippen LogP contribution in [0.4, 0.5) is 4.79 Å². The second-order valence-corrected chi connectivity index (χ2v) is 25.9. The summed E-state index contributed by atoms with van der Waals surface area (Å²) < 4.78 is 68.0. The number of carbonyl (C=O) groups is 3. The van der Waals surface area contributed by atoms with E-state index in [1.54, 1.807) is 46.8 Å². The van der Waals surface area contributed by atoms with Gasteiger partial charge in [-0.05, 0) is 89.2 Å². The molecule has 23 nitrogen and oxygen atoms in total. The summed E-state index contributed by atoms with van der Waals surface area (Å²) in [5, 5.41) is 72.9. The number of Topliss-reactive ketones (excluding diaryl/α,β-unsaturated/α-hetero) is 1. The summed E-state index contributed by atoms with van der Waals surface area (Å²) >= 11 is 0. The average Bonchev–Trinajstić information content (AvgIpc) is 2.80. The zero-order chi connectivity index (χ0) is 61.2. The summed E-state index contributed by atoms with van der Waals surface area (Å²) in [4.78, 5) is 55.1. The molecule has 1 spiro atoms. The molecule has 5 aliphatic heterocycles. The first-order valence-corrected chi connectivity index (χ1v) is 30.0. The maximum absolute atomic E-state index is 15.6. The quantitative estimate of drug-likeness (QED) is 0.0457. The number of ketones is 1. The number of aliphatic hydroxyl groups excluding tert-OH is 5. The van der Waals surface area contributed by atoms with Crippen molar-refractivity contribution in [3.8, 4) is 0 Å². The van der Waals surface area contributed by atoms with Gasteiger partial charge in [-0.1, -0.05) is 63.6 Å². The zero-order valence-corrected chi connectivity index (χ0v) is 50.6. The Morgan fingerprint density at radius 3 is 2.01 bits per heavy atom. The molecule has 23 heteroatoms. The number of amides is 1. The van der Waals surface area contributed by atoms with E-state index in [1.165, 1.54) is 21.1 Å². The van der Waals surface area contributed by atoms with Crippen LogP contribution in [-0.4, -0.2) is 185 Å². The molecule has 470 valence electrons. The smallest absolute Gasteiger partial charge is 0.407 e. The third-order valence-electron chi connectivity index (χ3n) is 20.3. The summed E-state index contributed by atoms with van der Waals surface area (Å²) in [6.07, 6.45) is -3.57. The number of nitro groups is 1. The molecule has 1 amide bonds. The Balaban J connectivity index is 1.01. The predicted octanol–water partition coefficient (Wildman–Crippen LogP) is 5.57. The minimum Gasteiger partial charge on any atom is -0.511 e. The lowest BCUT2D eigenvalue weighted by Crippen LogP contribution is -2.65. The first-order chi connectivity index (χ1) is 39.6. The maximum Gasteiger partial charge on any atom is 0.407 e. The zero-order valence-electron chi connectivity index (χ0n) is 50.6. The van der Waals surface area contributed by atoms with Gasteiger partial charge in [-0.15, -0.1) is 0 Å². The number of aliphatic hydroxyl groups is 5. The van der Waals surface area contributed by atoms with Gasteiger partial charge in [-0.25, -0.2) is 9.59 Å². The van der Waals surface area contributed by atoms with Gasteiger partial charge >= 0.3 is 12.1 Å². The summed E-state index contributed by atoms with van der Waals surface area (Å²) in [5.41, 5.74) is -3.37. The topological polar surface area (TPSA) is 309 Å². The molecule has 6 N–H and O–H groups in total. The third kappa shape index (κ3) is 11.8. The van der Waals surface area contributed by atoms with Crippen LogP contribution in [0.2, 0.25) is 0 Å².